The van der Waals surface area contributed by atoms with Gasteiger partial charge in [-0.25, -0.2) is 0 Å². The van der Waals surface area contributed by atoms with Crippen molar-refractivity contribution in [3.63, 3.8) is 0 Å². The highest BCUT2D eigenvalue weighted by molar-refractivity contribution is 6.38. The van der Waals surface area contributed by atoms with E-state index in [9.17, 15) is 0 Å². The van der Waals surface area contributed by atoms with Gasteiger partial charge in [-0.15, -0.1) is 0 Å². The third kappa shape index (κ3) is 1.89. The van der Waals surface area contributed by atoms with E-state index in [-0.39, 0.29) is 9.38 Å². The van der Waals surface area contributed by atoms with Gasteiger partial charge in [0.25, 0.3) is 0 Å². The van der Waals surface area contributed by atoms with Crippen LogP contribution in [0.5, 0.6) is 0 Å². The van der Waals surface area contributed by atoms with E-state index in [1.165, 1.54) is 0 Å². The lowest BCUT2D eigenvalue weighted by atomic mass is 11.0. The van der Waals surface area contributed by atoms with Gasteiger partial charge in [-0.05, 0) is 6.92 Å². The van der Waals surface area contributed by atoms with Gasteiger partial charge in [-0.3, -0.25) is 0 Å². The molecule has 0 aromatic heterocycles. The molecule has 0 aliphatic heterocycles. The Balaban J connectivity index is 2.55. The van der Waals surface area contributed by atoms with Gasteiger partial charge < -0.3 is 4.80 Å². The Morgan fingerprint density at radius 3 is 2.25 bits per heavy atom. The summed E-state index contributed by atoms with van der Waals surface area (Å²) in [6.07, 6.45) is 0. The highest BCUT2D eigenvalue weighted by Gasteiger charge is 1.38. The fraction of sp³-hybridized carbons (Fsp3) is 0.500. The first-order chi connectivity index (χ1) is 1.91. The predicted octanol–water partition coefficient (Wildman–Crippen LogP) is -0.848. The quantitative estimate of drug-likeness (QED) is 0.371. The molecule has 24 valence electrons. The van der Waals surface area contributed by atoms with E-state index in [1.807, 2.05) is 6.92 Å². The first-order valence-electron chi connectivity index (χ1n) is 1.17. The molecule has 0 unspecified atom stereocenters. The molecule has 0 saturated heterocycles. The van der Waals surface area contributed by atoms with Crippen molar-refractivity contribution in [1.29, 1.82) is 0 Å². The Morgan fingerprint density at radius 2 is 2.25 bits per heavy atom. The average molecular weight is 74.2 g/mol. The lowest BCUT2D eigenvalue weighted by molar-refractivity contribution is 0.624. The largest absolute Gasteiger partial charge is 0.568 e. The SMILES string of the molecule is CC=[SiH]O. The standard InChI is InChI=1S/C2H6OSi/c1-2-4-3/h2-4H,1H3. The Bertz CT molecular complexity index is 21.2. The smallest absolute Gasteiger partial charge is 0.207 e. The van der Waals surface area contributed by atoms with Crippen LogP contribution in [0.25, 0.3) is 0 Å². The van der Waals surface area contributed by atoms with E-state index in [1.54, 1.807) is 5.67 Å². The van der Waals surface area contributed by atoms with E-state index in [0.29, 0.717) is 0 Å². The second-order valence-electron chi connectivity index (χ2n) is 0.482. The molecule has 0 atom stereocenters. The Hall–Kier alpha value is -0.113. The third-order valence-electron chi connectivity index (χ3n) is 0.149. The van der Waals surface area contributed by atoms with E-state index < -0.39 is 0 Å². The van der Waals surface area contributed by atoms with Crippen molar-refractivity contribution in [2.45, 2.75) is 6.92 Å². The minimum Gasteiger partial charge on any atom is -0.568 e. The van der Waals surface area contributed by atoms with Crippen LogP contribution in [0.15, 0.2) is 0 Å². The summed E-state index contributed by atoms with van der Waals surface area (Å²) in [5, 5.41) is 0. The highest BCUT2D eigenvalue weighted by Crippen LogP contribution is 1.21. The molecule has 0 amide bonds. The normalized spacial score (nSPS) is 9.25. The first-order valence-corrected chi connectivity index (χ1v) is 2.35. The fourth-order valence-corrected chi connectivity index (χ4v) is 0. The molecule has 0 saturated carbocycles. The molecule has 2 heteroatoms. The molecule has 0 aromatic rings. The molecule has 0 bridgehead atoms. The van der Waals surface area contributed by atoms with Crippen LogP contribution in [0.4, 0.5) is 0 Å². The minimum absolute atomic E-state index is 0.343. The maximum atomic E-state index is 7.90. The minimum atomic E-state index is -0.343. The summed E-state index contributed by atoms with van der Waals surface area (Å²) < 4.78 is 0. The molecule has 0 fully saturated rings. The summed E-state index contributed by atoms with van der Waals surface area (Å²) in [4.78, 5) is 7.90. The lowest BCUT2D eigenvalue weighted by Crippen LogP contribution is -1.68. The van der Waals surface area contributed by atoms with Gasteiger partial charge in [-0.2, -0.15) is 0 Å². The van der Waals surface area contributed by atoms with E-state index in [2.05, 4.69) is 0 Å². The number of hydrogen-bond acceptors (Lipinski definition) is 1. The summed E-state index contributed by atoms with van der Waals surface area (Å²) in [5.41, 5.74) is 1.76. The molecule has 4 heavy (non-hydrogen) atoms. The summed E-state index contributed by atoms with van der Waals surface area (Å²) in [5.74, 6) is 0. The summed E-state index contributed by atoms with van der Waals surface area (Å²) >= 11 is 0. The second kappa shape index (κ2) is 2.89. The first kappa shape index (κ1) is 3.89. The zero-order valence-electron chi connectivity index (χ0n) is 2.60. The van der Waals surface area contributed by atoms with E-state index in [4.69, 9.17) is 4.80 Å². The second-order valence-corrected chi connectivity index (χ2v) is 1.45. The molecular weight excluding hydrogens is 68.1 g/mol. The molecule has 0 aliphatic rings. The van der Waals surface area contributed by atoms with Crippen molar-refractivity contribution in [2.75, 3.05) is 0 Å². The van der Waals surface area contributed by atoms with Gasteiger partial charge in [0, 0.05) is 0 Å². The van der Waals surface area contributed by atoms with Gasteiger partial charge in [0.1, 0.15) is 0 Å². The zero-order chi connectivity index (χ0) is 3.41. The van der Waals surface area contributed by atoms with Crippen molar-refractivity contribution >= 4 is 15.0 Å². The van der Waals surface area contributed by atoms with Gasteiger partial charge in [-0.1, -0.05) is 5.67 Å². The maximum absolute atomic E-state index is 7.90. The van der Waals surface area contributed by atoms with Crippen LogP contribution in [0.1, 0.15) is 6.92 Å². The van der Waals surface area contributed by atoms with Crippen LogP contribution < -0.4 is 0 Å². The Morgan fingerprint density at radius 1 is 2.00 bits per heavy atom. The van der Waals surface area contributed by atoms with Crippen molar-refractivity contribution in [1.82, 2.24) is 0 Å². The molecule has 0 radical (unpaired) electrons. The van der Waals surface area contributed by atoms with Crippen LogP contribution in [0, 0.1) is 0 Å². The molecule has 0 aromatic carbocycles. The maximum Gasteiger partial charge on any atom is 0.207 e. The van der Waals surface area contributed by atoms with E-state index >= 15 is 0 Å². The van der Waals surface area contributed by atoms with Crippen molar-refractivity contribution in [3.8, 4) is 0 Å². The molecule has 0 spiro atoms. The summed E-state index contributed by atoms with van der Waals surface area (Å²) in [7, 11) is -0.343. The molecule has 1 nitrogen and oxygen atoms in total. The zero-order valence-corrected chi connectivity index (χ0v) is 3.76. The monoisotopic (exact) mass is 74.0 g/mol. The molecule has 1 N–H and O–H groups in total. The van der Waals surface area contributed by atoms with Gasteiger partial charge in [0.05, 0.1) is 0 Å². The average Bonchev–Trinajstić information content (AvgIpc) is 1.37. The molecule has 0 heterocycles. The van der Waals surface area contributed by atoms with Crippen LogP contribution in [0.3, 0.4) is 0 Å². The van der Waals surface area contributed by atoms with Gasteiger partial charge in [0.15, 0.2) is 0 Å². The molecule has 0 rings (SSSR count). The lowest BCUT2D eigenvalue weighted by Gasteiger charge is -1.51. The van der Waals surface area contributed by atoms with Gasteiger partial charge in [0.2, 0.25) is 9.38 Å². The van der Waals surface area contributed by atoms with Crippen molar-refractivity contribution < 1.29 is 4.80 Å². The third-order valence-corrected chi connectivity index (χ3v) is 0.447. The van der Waals surface area contributed by atoms with Gasteiger partial charge >= 0.3 is 0 Å². The van der Waals surface area contributed by atoms with Crippen molar-refractivity contribution in [3.05, 3.63) is 0 Å². The van der Waals surface area contributed by atoms with Crippen LogP contribution >= 0.6 is 0 Å². The summed E-state index contributed by atoms with van der Waals surface area (Å²) in [6, 6.07) is 0. The van der Waals surface area contributed by atoms with E-state index in [0.717, 1.165) is 0 Å². The van der Waals surface area contributed by atoms with Crippen molar-refractivity contribution in [2.24, 2.45) is 0 Å². The molecular formula is C2H6OSi. The topological polar surface area (TPSA) is 20.2 Å². The van der Waals surface area contributed by atoms with Crippen LogP contribution in [-0.4, -0.2) is 19.8 Å². The summed E-state index contributed by atoms with van der Waals surface area (Å²) in [6.45, 7) is 1.84. The fourth-order valence-electron chi connectivity index (χ4n) is 0. The van der Waals surface area contributed by atoms with Crippen LogP contribution in [0.2, 0.25) is 0 Å². The highest BCUT2D eigenvalue weighted by atomic mass is 28.2. The Kier molecular flexibility index (Phi) is 2.81. The predicted molar refractivity (Wildman–Crippen MR) is 21.1 cm³/mol. The molecule has 0 aliphatic carbocycles. The van der Waals surface area contributed by atoms with Crippen LogP contribution in [-0.2, 0) is 0 Å². The Labute approximate surface area is 27.8 Å². The number of hydrogen-bond donors (Lipinski definition) is 1. The number of rotatable bonds is 0.